The van der Waals surface area contributed by atoms with E-state index in [1.165, 1.54) is 0 Å². The van der Waals surface area contributed by atoms with Gasteiger partial charge in [0.05, 0.1) is 19.2 Å². The van der Waals surface area contributed by atoms with Gasteiger partial charge in [-0.3, -0.25) is 5.32 Å². The summed E-state index contributed by atoms with van der Waals surface area (Å²) >= 11 is 0. The number of nitrogens with zero attached hydrogens (tertiary/aromatic N) is 1. The average Bonchev–Trinajstić information content (AvgIpc) is 2.12. The minimum absolute atomic E-state index is 0.158. The van der Waals surface area contributed by atoms with Crippen LogP contribution in [-0.2, 0) is 4.74 Å². The van der Waals surface area contributed by atoms with Crippen molar-refractivity contribution in [1.82, 2.24) is 5.32 Å². The molecule has 0 aromatic carbocycles. The van der Waals surface area contributed by atoms with E-state index in [-0.39, 0.29) is 5.92 Å². The molecule has 0 saturated carbocycles. The van der Waals surface area contributed by atoms with E-state index in [9.17, 15) is 0 Å². The second-order valence-corrected chi connectivity index (χ2v) is 3.23. The molecule has 0 spiro atoms. The van der Waals surface area contributed by atoms with Gasteiger partial charge < -0.3 is 4.74 Å². The summed E-state index contributed by atoms with van der Waals surface area (Å²) in [5.41, 5.74) is -0.666. The van der Waals surface area contributed by atoms with Gasteiger partial charge in [-0.2, -0.15) is 5.26 Å². The first kappa shape index (κ1) is 12.0. The Kier molecular flexibility index (Phi) is 5.14. The number of nitrogens with one attached hydrogen (secondary N) is 1. The van der Waals surface area contributed by atoms with Crippen LogP contribution in [0, 0.1) is 29.6 Å². The van der Waals surface area contributed by atoms with E-state index in [4.69, 9.17) is 16.4 Å². The van der Waals surface area contributed by atoms with Gasteiger partial charge >= 0.3 is 0 Å². The normalized spacial score (nSPS) is 14.6. The van der Waals surface area contributed by atoms with Crippen molar-refractivity contribution in [2.45, 2.75) is 19.4 Å². The summed E-state index contributed by atoms with van der Waals surface area (Å²) in [6.07, 6.45) is 5.12. The quantitative estimate of drug-likeness (QED) is 0.636. The Morgan fingerprint density at radius 3 is 2.54 bits per heavy atom. The Morgan fingerprint density at radius 1 is 1.62 bits per heavy atom. The molecule has 0 bridgehead atoms. The molecule has 1 N–H and O–H groups in total. The SMILES string of the molecule is C#CCNC(C#N)(COC)C(C)C. The van der Waals surface area contributed by atoms with Crippen molar-refractivity contribution >= 4 is 0 Å². The molecule has 0 aliphatic heterocycles. The molecule has 3 heteroatoms. The number of hydrogen-bond acceptors (Lipinski definition) is 3. The molecule has 1 unspecified atom stereocenters. The molecule has 0 aliphatic carbocycles. The zero-order chi connectivity index (χ0) is 10.3. The zero-order valence-corrected chi connectivity index (χ0v) is 8.42. The molecule has 1 atom stereocenters. The maximum absolute atomic E-state index is 9.04. The third-order valence-corrected chi connectivity index (χ3v) is 2.06. The predicted octanol–water partition coefficient (Wildman–Crippen LogP) is 0.774. The first-order chi connectivity index (χ1) is 6.13. The summed E-state index contributed by atoms with van der Waals surface area (Å²) in [7, 11) is 1.58. The van der Waals surface area contributed by atoms with Crippen molar-refractivity contribution in [2.24, 2.45) is 5.92 Å². The maximum Gasteiger partial charge on any atom is 0.133 e. The van der Waals surface area contributed by atoms with Crippen LogP contribution in [0.15, 0.2) is 0 Å². The van der Waals surface area contributed by atoms with Crippen molar-refractivity contribution in [2.75, 3.05) is 20.3 Å². The summed E-state index contributed by atoms with van der Waals surface area (Å²) in [5.74, 6) is 2.61. The van der Waals surface area contributed by atoms with E-state index in [2.05, 4.69) is 17.3 Å². The summed E-state index contributed by atoms with van der Waals surface area (Å²) < 4.78 is 5.00. The lowest BCUT2D eigenvalue weighted by atomic mass is 9.88. The molecule has 0 rings (SSSR count). The molecule has 13 heavy (non-hydrogen) atoms. The lowest BCUT2D eigenvalue weighted by Gasteiger charge is -2.30. The predicted molar refractivity (Wildman–Crippen MR) is 51.9 cm³/mol. The van der Waals surface area contributed by atoms with Crippen LogP contribution in [0.1, 0.15) is 13.8 Å². The van der Waals surface area contributed by atoms with E-state index < -0.39 is 5.54 Å². The van der Waals surface area contributed by atoms with Gasteiger partial charge in [-0.05, 0) is 5.92 Å². The van der Waals surface area contributed by atoms with Crippen LogP contribution in [0.4, 0.5) is 0 Å². The number of nitriles is 1. The highest BCUT2D eigenvalue weighted by Gasteiger charge is 2.33. The second kappa shape index (κ2) is 5.59. The van der Waals surface area contributed by atoms with E-state index >= 15 is 0 Å². The monoisotopic (exact) mass is 180 g/mol. The third-order valence-electron chi connectivity index (χ3n) is 2.06. The van der Waals surface area contributed by atoms with Crippen molar-refractivity contribution in [1.29, 1.82) is 5.26 Å². The van der Waals surface area contributed by atoms with Crippen LogP contribution in [0.25, 0.3) is 0 Å². The summed E-state index contributed by atoms with van der Waals surface area (Å²) in [4.78, 5) is 0. The molecule has 0 aromatic rings. The van der Waals surface area contributed by atoms with Crippen LogP contribution in [0.3, 0.4) is 0 Å². The van der Waals surface area contributed by atoms with Gasteiger partial charge in [0.25, 0.3) is 0 Å². The lowest BCUT2D eigenvalue weighted by Crippen LogP contribution is -2.52. The van der Waals surface area contributed by atoms with E-state index in [0.29, 0.717) is 13.2 Å². The molecular weight excluding hydrogens is 164 g/mol. The van der Waals surface area contributed by atoms with Crippen LogP contribution in [0.5, 0.6) is 0 Å². The highest BCUT2D eigenvalue weighted by Crippen LogP contribution is 2.16. The van der Waals surface area contributed by atoms with Gasteiger partial charge in [-0.15, -0.1) is 6.42 Å². The molecule has 3 nitrogen and oxygen atoms in total. The molecule has 0 saturated heterocycles. The summed E-state index contributed by atoms with van der Waals surface area (Å²) in [6, 6.07) is 2.22. The summed E-state index contributed by atoms with van der Waals surface area (Å²) in [6.45, 7) is 4.66. The molecule has 72 valence electrons. The van der Waals surface area contributed by atoms with Crippen molar-refractivity contribution < 1.29 is 4.74 Å². The fourth-order valence-corrected chi connectivity index (χ4v) is 1.06. The van der Waals surface area contributed by atoms with Gasteiger partial charge in [0.1, 0.15) is 5.54 Å². The van der Waals surface area contributed by atoms with Gasteiger partial charge in [-0.1, -0.05) is 19.8 Å². The van der Waals surface area contributed by atoms with Crippen molar-refractivity contribution in [3.05, 3.63) is 0 Å². The number of terminal acetylenes is 1. The largest absolute Gasteiger partial charge is 0.382 e. The van der Waals surface area contributed by atoms with Gasteiger partial charge in [0.15, 0.2) is 0 Å². The average molecular weight is 180 g/mol. The highest BCUT2D eigenvalue weighted by molar-refractivity contribution is 5.11. The van der Waals surface area contributed by atoms with Crippen LogP contribution >= 0.6 is 0 Å². The molecule has 0 aromatic heterocycles. The van der Waals surface area contributed by atoms with E-state index in [1.807, 2.05) is 13.8 Å². The van der Waals surface area contributed by atoms with Crippen LogP contribution in [-0.4, -0.2) is 25.8 Å². The van der Waals surface area contributed by atoms with Crippen molar-refractivity contribution in [3.63, 3.8) is 0 Å². The highest BCUT2D eigenvalue weighted by atomic mass is 16.5. The standard InChI is InChI=1S/C10H16N2O/c1-5-6-12-10(7-11,8-13-4)9(2)3/h1,9,12H,6,8H2,2-4H3. The third kappa shape index (κ3) is 3.06. The molecule has 0 radical (unpaired) electrons. The molecular formula is C10H16N2O. The van der Waals surface area contributed by atoms with Gasteiger partial charge in [0, 0.05) is 7.11 Å². The van der Waals surface area contributed by atoms with Gasteiger partial charge in [0.2, 0.25) is 0 Å². The maximum atomic E-state index is 9.04. The number of ether oxygens (including phenoxy) is 1. The Labute approximate surface area is 80.1 Å². The molecule has 0 fully saturated rings. The second-order valence-electron chi connectivity index (χ2n) is 3.23. The minimum Gasteiger partial charge on any atom is -0.382 e. The number of rotatable bonds is 5. The van der Waals surface area contributed by atoms with Crippen LogP contribution in [0.2, 0.25) is 0 Å². The lowest BCUT2D eigenvalue weighted by molar-refractivity contribution is 0.115. The fourth-order valence-electron chi connectivity index (χ4n) is 1.06. The van der Waals surface area contributed by atoms with Gasteiger partial charge in [-0.25, -0.2) is 0 Å². The number of methoxy groups -OCH3 is 1. The van der Waals surface area contributed by atoms with E-state index in [0.717, 1.165) is 0 Å². The molecule has 0 amide bonds. The number of hydrogen-bond donors (Lipinski definition) is 1. The first-order valence-corrected chi connectivity index (χ1v) is 4.21. The fraction of sp³-hybridized carbons (Fsp3) is 0.700. The topological polar surface area (TPSA) is 45.0 Å². The Morgan fingerprint density at radius 2 is 2.23 bits per heavy atom. The Balaban J connectivity index is 4.49. The minimum atomic E-state index is -0.666. The summed E-state index contributed by atoms with van der Waals surface area (Å²) in [5, 5.41) is 12.1. The Hall–Kier alpha value is -1.03. The first-order valence-electron chi connectivity index (χ1n) is 4.21. The Bertz CT molecular complexity index is 224. The smallest absolute Gasteiger partial charge is 0.133 e. The van der Waals surface area contributed by atoms with Crippen LogP contribution < -0.4 is 5.32 Å². The zero-order valence-electron chi connectivity index (χ0n) is 8.42. The molecule has 0 heterocycles. The van der Waals surface area contributed by atoms with Crippen molar-refractivity contribution in [3.8, 4) is 18.4 Å². The van der Waals surface area contributed by atoms with E-state index in [1.54, 1.807) is 7.11 Å². The molecule has 0 aliphatic rings.